The SMILES string of the molecule is Cc1ccc2c(c1)c1cccnc1n2-c1cc(Oc2cc(C3=N[C@H]4Cc5cc(C)c(C)cc5C[C@@H]4O3)cc(-c3ccccc3)c2)cc(C(C)(C)C)c1. The molecule has 0 saturated heterocycles. The first-order valence-electron chi connectivity index (χ1n) is 18.3. The fourth-order valence-corrected chi connectivity index (χ4v) is 7.88. The Bertz CT molecular complexity index is 2560. The smallest absolute Gasteiger partial charge is 0.217 e. The zero-order chi connectivity index (χ0) is 35.7. The maximum Gasteiger partial charge on any atom is 0.217 e. The van der Waals surface area contributed by atoms with Crippen LogP contribution in [-0.4, -0.2) is 27.6 Å². The Hall–Kier alpha value is -5.68. The number of pyridine rings is 1. The van der Waals surface area contributed by atoms with Gasteiger partial charge in [0.2, 0.25) is 5.90 Å². The first kappa shape index (κ1) is 32.2. The summed E-state index contributed by atoms with van der Waals surface area (Å²) >= 11 is 0. The molecule has 258 valence electrons. The number of hydrogen-bond acceptors (Lipinski definition) is 4. The molecule has 0 saturated carbocycles. The summed E-state index contributed by atoms with van der Waals surface area (Å²) in [6.07, 6.45) is 3.67. The first-order valence-corrected chi connectivity index (χ1v) is 18.3. The van der Waals surface area contributed by atoms with E-state index >= 15 is 0 Å². The molecule has 0 spiro atoms. The second kappa shape index (κ2) is 12.2. The molecule has 52 heavy (non-hydrogen) atoms. The minimum absolute atomic E-state index is 0.0315. The van der Waals surface area contributed by atoms with Gasteiger partial charge in [-0.25, -0.2) is 9.98 Å². The van der Waals surface area contributed by atoms with Crippen LogP contribution in [0.2, 0.25) is 0 Å². The third kappa shape index (κ3) is 5.75. The van der Waals surface area contributed by atoms with Crippen LogP contribution in [0.25, 0.3) is 38.8 Å². The molecule has 0 fully saturated rings. The molecule has 0 unspecified atom stereocenters. The van der Waals surface area contributed by atoms with Gasteiger partial charge in [0.1, 0.15) is 23.3 Å². The number of nitrogens with zero attached hydrogens (tertiary/aromatic N) is 3. The number of fused-ring (bicyclic) bond motifs is 5. The number of aryl methyl sites for hydroxylation is 3. The van der Waals surface area contributed by atoms with Crippen LogP contribution in [0, 0.1) is 20.8 Å². The highest BCUT2D eigenvalue weighted by atomic mass is 16.5. The van der Waals surface area contributed by atoms with Gasteiger partial charge in [0.05, 0.1) is 17.2 Å². The van der Waals surface area contributed by atoms with E-state index in [9.17, 15) is 0 Å². The molecular weight excluding hydrogens is 639 g/mol. The topological polar surface area (TPSA) is 48.6 Å². The van der Waals surface area contributed by atoms with E-state index in [-0.39, 0.29) is 17.6 Å². The molecule has 5 heteroatoms. The third-order valence-corrected chi connectivity index (χ3v) is 10.8. The Morgan fingerprint density at radius 1 is 0.692 bits per heavy atom. The quantitative estimate of drug-likeness (QED) is 0.182. The number of rotatable bonds is 5. The fraction of sp³-hybridized carbons (Fsp3) is 0.234. The lowest BCUT2D eigenvalue weighted by Gasteiger charge is -2.26. The number of ether oxygens (including phenoxy) is 2. The average molecular weight is 682 g/mol. The molecule has 5 nitrogen and oxygen atoms in total. The van der Waals surface area contributed by atoms with E-state index in [0.29, 0.717) is 5.90 Å². The molecule has 0 N–H and O–H groups in total. The number of aliphatic imine (C=N–C) groups is 1. The Balaban J connectivity index is 1.14. The zero-order valence-electron chi connectivity index (χ0n) is 30.7. The summed E-state index contributed by atoms with van der Waals surface area (Å²) in [7, 11) is 0. The minimum Gasteiger partial charge on any atom is -0.472 e. The van der Waals surface area contributed by atoms with Gasteiger partial charge in [-0.15, -0.1) is 0 Å². The second-order valence-electron chi connectivity index (χ2n) is 15.7. The zero-order valence-corrected chi connectivity index (χ0v) is 30.7. The van der Waals surface area contributed by atoms with Gasteiger partial charge in [0, 0.05) is 35.0 Å². The van der Waals surface area contributed by atoms with E-state index < -0.39 is 0 Å². The summed E-state index contributed by atoms with van der Waals surface area (Å²) < 4.78 is 15.9. The Kier molecular flexibility index (Phi) is 7.58. The maximum atomic E-state index is 6.91. The van der Waals surface area contributed by atoms with Crippen molar-refractivity contribution >= 4 is 27.8 Å². The summed E-state index contributed by atoms with van der Waals surface area (Å²) in [5.74, 6) is 2.19. The van der Waals surface area contributed by atoms with Crippen molar-refractivity contribution in [1.29, 1.82) is 0 Å². The van der Waals surface area contributed by atoms with E-state index in [2.05, 4.69) is 143 Å². The lowest BCUT2D eigenvalue weighted by molar-refractivity contribution is 0.184. The van der Waals surface area contributed by atoms with Crippen molar-refractivity contribution < 1.29 is 9.47 Å². The van der Waals surface area contributed by atoms with E-state index in [0.717, 1.165) is 63.3 Å². The molecule has 7 aromatic rings. The molecular formula is C47H43N3O2. The van der Waals surface area contributed by atoms with Crippen molar-refractivity contribution in [1.82, 2.24) is 9.55 Å². The Morgan fingerprint density at radius 2 is 1.44 bits per heavy atom. The minimum atomic E-state index is -0.120. The lowest BCUT2D eigenvalue weighted by Crippen LogP contribution is -2.32. The predicted octanol–water partition coefficient (Wildman–Crippen LogP) is 11.2. The largest absolute Gasteiger partial charge is 0.472 e. The lowest BCUT2D eigenvalue weighted by atomic mass is 9.84. The number of aromatic nitrogens is 2. The molecule has 2 aromatic heterocycles. The van der Waals surface area contributed by atoms with Crippen LogP contribution in [0.4, 0.5) is 0 Å². The van der Waals surface area contributed by atoms with Crippen LogP contribution < -0.4 is 4.74 Å². The molecule has 5 aromatic carbocycles. The van der Waals surface area contributed by atoms with Crippen LogP contribution in [0.3, 0.4) is 0 Å². The summed E-state index contributed by atoms with van der Waals surface area (Å²) in [6.45, 7) is 13.3. The van der Waals surface area contributed by atoms with Gasteiger partial charge in [-0.05, 0) is 126 Å². The molecule has 2 atom stereocenters. The molecule has 0 bridgehead atoms. The van der Waals surface area contributed by atoms with E-state index in [1.165, 1.54) is 38.8 Å². The maximum absolute atomic E-state index is 6.91. The van der Waals surface area contributed by atoms with Crippen LogP contribution in [-0.2, 0) is 23.0 Å². The predicted molar refractivity (Wildman–Crippen MR) is 212 cm³/mol. The van der Waals surface area contributed by atoms with Gasteiger partial charge in [-0.1, -0.05) is 74.9 Å². The van der Waals surface area contributed by atoms with Gasteiger partial charge in [0.25, 0.3) is 0 Å². The summed E-state index contributed by atoms with van der Waals surface area (Å²) in [5.41, 5.74) is 13.9. The van der Waals surface area contributed by atoms with Crippen LogP contribution in [0.5, 0.6) is 11.5 Å². The molecule has 3 heterocycles. The van der Waals surface area contributed by atoms with Gasteiger partial charge in [-0.3, -0.25) is 4.57 Å². The average Bonchev–Trinajstić information content (AvgIpc) is 3.69. The van der Waals surface area contributed by atoms with Gasteiger partial charge in [-0.2, -0.15) is 0 Å². The Morgan fingerprint density at radius 3 is 2.23 bits per heavy atom. The van der Waals surface area contributed by atoms with Crippen LogP contribution in [0.1, 0.15) is 59.7 Å². The molecule has 2 aliphatic rings. The molecule has 1 aliphatic carbocycles. The second-order valence-corrected chi connectivity index (χ2v) is 15.7. The van der Waals surface area contributed by atoms with Crippen LogP contribution >= 0.6 is 0 Å². The highest BCUT2D eigenvalue weighted by molar-refractivity contribution is 6.08. The van der Waals surface area contributed by atoms with Crippen molar-refractivity contribution in [3.8, 4) is 28.3 Å². The molecule has 0 amide bonds. The monoisotopic (exact) mass is 681 g/mol. The van der Waals surface area contributed by atoms with Crippen molar-refractivity contribution in [2.45, 2.75) is 71.9 Å². The van der Waals surface area contributed by atoms with Crippen molar-refractivity contribution in [2.24, 2.45) is 4.99 Å². The first-order chi connectivity index (χ1) is 25.1. The van der Waals surface area contributed by atoms with Gasteiger partial charge < -0.3 is 9.47 Å². The van der Waals surface area contributed by atoms with E-state index in [4.69, 9.17) is 19.5 Å². The highest BCUT2D eigenvalue weighted by Gasteiger charge is 2.36. The van der Waals surface area contributed by atoms with Gasteiger partial charge in [0.15, 0.2) is 0 Å². The summed E-state index contributed by atoms with van der Waals surface area (Å²) in [6, 6.07) is 39.0. The van der Waals surface area contributed by atoms with E-state index in [1.54, 1.807) is 0 Å². The molecule has 9 rings (SSSR count). The fourth-order valence-electron chi connectivity index (χ4n) is 7.88. The van der Waals surface area contributed by atoms with Crippen molar-refractivity contribution in [2.75, 3.05) is 0 Å². The van der Waals surface area contributed by atoms with Crippen molar-refractivity contribution in [3.63, 3.8) is 0 Å². The number of hydrogen-bond donors (Lipinski definition) is 0. The van der Waals surface area contributed by atoms with E-state index in [1.807, 2.05) is 18.3 Å². The Labute approximate surface area is 305 Å². The van der Waals surface area contributed by atoms with Crippen molar-refractivity contribution in [3.05, 3.63) is 154 Å². The summed E-state index contributed by atoms with van der Waals surface area (Å²) in [5, 5.41) is 2.33. The molecule has 1 aliphatic heterocycles. The number of benzene rings is 5. The summed E-state index contributed by atoms with van der Waals surface area (Å²) in [4.78, 5) is 10.1. The van der Waals surface area contributed by atoms with Gasteiger partial charge >= 0.3 is 0 Å². The molecule has 0 radical (unpaired) electrons. The third-order valence-electron chi connectivity index (χ3n) is 10.8. The highest BCUT2D eigenvalue weighted by Crippen LogP contribution is 2.39. The van der Waals surface area contributed by atoms with Crippen LogP contribution in [0.15, 0.2) is 120 Å². The standard InChI is InChI=1S/C47H43N3O2/c1-28-14-15-43-41(17-28)40-13-10-16-48-45(40)50(43)37-25-36(47(4,5)6)26-39(27-37)51-38-21-34(31-11-8-7-9-12-31)20-35(22-38)46-49-42-23-32-18-29(2)30(3)19-33(32)24-44(42)52-46/h7-22,25-27,42,44H,23-24H2,1-6H3/t42-,44-/m0/s1. The normalized spacial score (nSPS) is 16.8.